The van der Waals surface area contributed by atoms with Crippen molar-refractivity contribution in [2.24, 2.45) is 0 Å². The zero-order chi connectivity index (χ0) is 19.3. The Bertz CT molecular complexity index is 755. The molecule has 0 unspecified atom stereocenters. The highest BCUT2D eigenvalue weighted by Gasteiger charge is 2.13. The van der Waals surface area contributed by atoms with Gasteiger partial charge in [0.2, 0.25) is 0 Å². The Kier molecular flexibility index (Phi) is 8.67. The number of rotatable bonds is 11. The first kappa shape index (κ1) is 20.3. The van der Waals surface area contributed by atoms with Gasteiger partial charge in [0.1, 0.15) is 13.2 Å². The lowest BCUT2D eigenvalue weighted by Crippen LogP contribution is -2.10. The van der Waals surface area contributed by atoms with Crippen molar-refractivity contribution in [3.05, 3.63) is 59.7 Å². The van der Waals surface area contributed by atoms with E-state index in [0.29, 0.717) is 49.9 Å². The summed E-state index contributed by atoms with van der Waals surface area (Å²) in [5.74, 6) is 0.562. The topological polar surface area (TPSA) is 77.8 Å². The number of nitrogens with zero attached hydrogens (tertiary/aromatic N) is 1. The second-order valence-corrected chi connectivity index (χ2v) is 5.53. The molecular weight excluding hydrogens is 346 g/mol. The minimum Gasteiger partial charge on any atom is -0.487 e. The van der Waals surface area contributed by atoms with E-state index in [9.17, 15) is 4.79 Å². The van der Waals surface area contributed by atoms with Crippen LogP contribution in [0.2, 0.25) is 0 Å². The molecule has 2 aromatic rings. The van der Waals surface area contributed by atoms with Crippen molar-refractivity contribution in [1.82, 2.24) is 0 Å². The van der Waals surface area contributed by atoms with Gasteiger partial charge in [-0.25, -0.2) is 4.79 Å². The molecule has 0 saturated heterocycles. The highest BCUT2D eigenvalue weighted by molar-refractivity contribution is 5.90. The molecule has 142 valence electrons. The van der Waals surface area contributed by atoms with E-state index in [-0.39, 0.29) is 6.61 Å². The minimum absolute atomic E-state index is 0.277. The lowest BCUT2D eigenvalue weighted by atomic mass is 10.2. The van der Waals surface area contributed by atoms with Crippen LogP contribution in [0.15, 0.2) is 48.5 Å². The Balaban J connectivity index is 2.03. The summed E-state index contributed by atoms with van der Waals surface area (Å²) in [5, 5.41) is 8.49. The van der Waals surface area contributed by atoms with E-state index in [2.05, 4.69) is 0 Å². The zero-order valence-electron chi connectivity index (χ0n) is 15.3. The Labute approximate surface area is 159 Å². The van der Waals surface area contributed by atoms with Crippen molar-refractivity contribution in [2.75, 3.05) is 26.4 Å². The molecule has 6 nitrogen and oxygen atoms in total. The summed E-state index contributed by atoms with van der Waals surface area (Å²) in [6, 6.07) is 16.7. The molecule has 0 fully saturated rings. The van der Waals surface area contributed by atoms with Gasteiger partial charge in [-0.15, -0.1) is 0 Å². The van der Waals surface area contributed by atoms with E-state index in [1.807, 2.05) is 36.4 Å². The van der Waals surface area contributed by atoms with Crippen molar-refractivity contribution >= 4 is 5.97 Å². The lowest BCUT2D eigenvalue weighted by molar-refractivity contribution is 0.0525. The fourth-order valence-electron chi connectivity index (χ4n) is 2.25. The van der Waals surface area contributed by atoms with Crippen molar-refractivity contribution in [3.63, 3.8) is 0 Å². The van der Waals surface area contributed by atoms with E-state index in [0.717, 1.165) is 5.56 Å². The number of hydrogen-bond acceptors (Lipinski definition) is 6. The number of carbonyl (C=O) groups is 1. The van der Waals surface area contributed by atoms with Crippen molar-refractivity contribution in [2.45, 2.75) is 20.0 Å². The average Bonchev–Trinajstić information content (AvgIpc) is 2.70. The molecule has 0 heterocycles. The number of hydrogen-bond donors (Lipinski definition) is 0. The predicted octanol–water partition coefficient (Wildman–Crippen LogP) is 3.75. The van der Waals surface area contributed by atoms with Crippen LogP contribution in [0.5, 0.6) is 11.5 Å². The van der Waals surface area contributed by atoms with Crippen LogP contribution < -0.4 is 9.47 Å². The maximum atomic E-state index is 12.0. The summed E-state index contributed by atoms with van der Waals surface area (Å²) in [4.78, 5) is 12.0. The van der Waals surface area contributed by atoms with Crippen LogP contribution in [0.4, 0.5) is 0 Å². The van der Waals surface area contributed by atoms with Gasteiger partial charge in [0.15, 0.2) is 11.5 Å². The van der Waals surface area contributed by atoms with Gasteiger partial charge in [0.05, 0.1) is 37.9 Å². The minimum atomic E-state index is -0.415. The van der Waals surface area contributed by atoms with Gasteiger partial charge in [-0.05, 0) is 30.7 Å². The second-order valence-electron chi connectivity index (χ2n) is 5.53. The third kappa shape index (κ3) is 7.00. The van der Waals surface area contributed by atoms with Crippen LogP contribution in [0.1, 0.15) is 29.3 Å². The summed E-state index contributed by atoms with van der Waals surface area (Å²) >= 11 is 0. The van der Waals surface area contributed by atoms with Gasteiger partial charge in [-0.3, -0.25) is 0 Å². The number of nitriles is 1. The Morgan fingerprint density at radius 3 is 2.56 bits per heavy atom. The molecule has 0 N–H and O–H groups in total. The third-order valence-corrected chi connectivity index (χ3v) is 3.54. The Morgan fingerprint density at radius 1 is 1.00 bits per heavy atom. The van der Waals surface area contributed by atoms with Crippen molar-refractivity contribution in [1.29, 1.82) is 5.26 Å². The van der Waals surface area contributed by atoms with Crippen LogP contribution in [0.25, 0.3) is 0 Å². The summed E-state index contributed by atoms with van der Waals surface area (Å²) < 4.78 is 21.9. The molecule has 2 aromatic carbocycles. The first-order valence-corrected chi connectivity index (χ1v) is 8.80. The van der Waals surface area contributed by atoms with Crippen LogP contribution in [-0.4, -0.2) is 32.4 Å². The summed E-state index contributed by atoms with van der Waals surface area (Å²) in [5.41, 5.74) is 1.42. The van der Waals surface area contributed by atoms with Crippen LogP contribution in [-0.2, 0) is 16.1 Å². The molecule has 0 amide bonds. The molecule has 6 heteroatoms. The normalized spacial score (nSPS) is 10.1. The molecule has 0 aliphatic heterocycles. The molecule has 0 saturated carbocycles. The van der Waals surface area contributed by atoms with E-state index >= 15 is 0 Å². The number of ether oxygens (including phenoxy) is 4. The SMILES string of the molecule is CCOC(=O)c1ccc(OCc2ccccc2)c(OCCOCCC#N)c1. The Hall–Kier alpha value is -3.04. The monoisotopic (exact) mass is 369 g/mol. The summed E-state index contributed by atoms with van der Waals surface area (Å²) in [7, 11) is 0. The number of carbonyl (C=O) groups excluding carboxylic acids is 1. The molecule has 0 bridgehead atoms. The fourth-order valence-corrected chi connectivity index (χ4v) is 2.25. The maximum Gasteiger partial charge on any atom is 0.338 e. The molecule has 0 aliphatic rings. The molecule has 0 atom stereocenters. The van der Waals surface area contributed by atoms with Crippen molar-refractivity contribution < 1.29 is 23.7 Å². The van der Waals surface area contributed by atoms with Gasteiger partial charge in [-0.2, -0.15) is 5.26 Å². The number of esters is 1. The summed E-state index contributed by atoms with van der Waals surface area (Å²) in [6.45, 7) is 3.41. The van der Waals surface area contributed by atoms with Gasteiger partial charge >= 0.3 is 5.97 Å². The zero-order valence-corrected chi connectivity index (χ0v) is 15.3. The molecule has 0 aromatic heterocycles. The Morgan fingerprint density at radius 2 is 1.81 bits per heavy atom. The highest BCUT2D eigenvalue weighted by Crippen LogP contribution is 2.29. The molecule has 2 rings (SSSR count). The summed E-state index contributed by atoms with van der Waals surface area (Å²) in [6.07, 6.45) is 0.337. The van der Waals surface area contributed by atoms with E-state index in [1.165, 1.54) is 0 Å². The molecule has 0 spiro atoms. The standard InChI is InChI=1S/C21H23NO5/c1-2-25-21(23)18-9-10-19(27-16-17-7-4-3-5-8-17)20(15-18)26-14-13-24-12-6-11-22/h3-5,7-10,15H,2,6,12-14,16H2,1H3. The first-order valence-electron chi connectivity index (χ1n) is 8.80. The van der Waals surface area contributed by atoms with Crippen LogP contribution in [0.3, 0.4) is 0 Å². The van der Waals surface area contributed by atoms with Crippen LogP contribution >= 0.6 is 0 Å². The van der Waals surface area contributed by atoms with Crippen molar-refractivity contribution in [3.8, 4) is 17.6 Å². The highest BCUT2D eigenvalue weighted by atomic mass is 16.5. The van der Waals surface area contributed by atoms with Gasteiger partial charge in [0, 0.05) is 0 Å². The molecular formula is C21H23NO5. The largest absolute Gasteiger partial charge is 0.487 e. The average molecular weight is 369 g/mol. The van der Waals surface area contributed by atoms with Gasteiger partial charge in [-0.1, -0.05) is 30.3 Å². The number of benzene rings is 2. The second kappa shape index (κ2) is 11.6. The van der Waals surface area contributed by atoms with Crippen LogP contribution in [0, 0.1) is 11.3 Å². The molecule has 0 radical (unpaired) electrons. The van der Waals surface area contributed by atoms with Gasteiger partial charge < -0.3 is 18.9 Å². The molecule has 27 heavy (non-hydrogen) atoms. The smallest absolute Gasteiger partial charge is 0.338 e. The predicted molar refractivity (Wildman–Crippen MR) is 99.7 cm³/mol. The van der Waals surface area contributed by atoms with E-state index < -0.39 is 5.97 Å². The van der Waals surface area contributed by atoms with E-state index in [4.69, 9.17) is 24.2 Å². The van der Waals surface area contributed by atoms with E-state index in [1.54, 1.807) is 25.1 Å². The fraction of sp³-hybridized carbons (Fsp3) is 0.333. The molecule has 0 aliphatic carbocycles. The third-order valence-electron chi connectivity index (χ3n) is 3.54. The maximum absolute atomic E-state index is 12.0. The first-order chi connectivity index (χ1) is 13.2. The quantitative estimate of drug-likeness (QED) is 0.443. The lowest BCUT2D eigenvalue weighted by Gasteiger charge is -2.14. The van der Waals surface area contributed by atoms with Gasteiger partial charge in [0.25, 0.3) is 0 Å².